The van der Waals surface area contributed by atoms with E-state index in [-0.39, 0.29) is 41.7 Å². The van der Waals surface area contributed by atoms with E-state index in [0.29, 0.717) is 12.8 Å². The number of para-hydroxylation sites is 1. The van der Waals surface area contributed by atoms with Crippen molar-refractivity contribution >= 4 is 41.7 Å². The van der Waals surface area contributed by atoms with E-state index < -0.39 is 144 Å². The third-order valence-corrected chi connectivity index (χ3v) is 15.8. The SMILES string of the molecule is CCC/C=C\C/C=C\C/C=C\CCCCCCC(=O)O[C@@H](C(=O)O[C@H]1C[C@@]2(O)[C@@H](OC(=O)c3ccccc3OC)C3[C@](C)(C(=O)[C@H](OC(=O)CC)C(=C1C)C2(C)C)[C@@H](O)C[C@H]1OC[C@@]31OC(C)=O)[C@@H](NC(=O)OC(C)(C)C)C(F)(F)F. The molecule has 2 saturated carbocycles. The highest BCUT2D eigenvalue weighted by Crippen LogP contribution is 2.64. The second-order valence-corrected chi connectivity index (χ2v) is 23.0. The van der Waals surface area contributed by atoms with Gasteiger partial charge in [0.25, 0.3) is 0 Å². The Morgan fingerprint density at radius 3 is 2.09 bits per heavy atom. The standard InChI is InChI=1S/C60H82F3NO17/c1-12-14-15-16-17-18-19-20-21-22-23-24-25-26-27-32-44(68)78-47(49(60(61,62)63)64-54(72)81-55(5,6)7)53(71)76-40-34-59(73)51(79-52(70)38-30-28-29-31-39(38)74-11)48-57(10,41(66)33-42-58(48,35-75-42)80-37(4)65)50(69)46(77-43(67)13-2)45(36(40)3)56(59,8)9/h15-16,18-19,21-22,28-31,40-42,46-49,51,66,73H,12-14,17,20,23-27,32-35H2,1-11H3,(H,64,72)/b16-15-,19-18-,22-21-/t40-,41-,42+,46+,47+,48?,49+,51-,57+,58-,59+/m0/s1. The quantitative estimate of drug-likeness (QED) is 0.0377. The number of ketones is 1. The van der Waals surface area contributed by atoms with Crippen molar-refractivity contribution in [3.05, 3.63) is 77.4 Å². The summed E-state index contributed by atoms with van der Waals surface area (Å²) in [6.07, 6.45) is -2.01. The van der Waals surface area contributed by atoms with Gasteiger partial charge in [0, 0.05) is 38.0 Å². The number of unbranched alkanes of at least 4 members (excludes halogenated alkanes) is 5. The summed E-state index contributed by atoms with van der Waals surface area (Å²) < 4.78 is 92.4. The van der Waals surface area contributed by atoms with Gasteiger partial charge in [-0.3, -0.25) is 19.2 Å². The van der Waals surface area contributed by atoms with Gasteiger partial charge in [0.15, 0.2) is 23.5 Å². The van der Waals surface area contributed by atoms with Gasteiger partial charge in [-0.15, -0.1) is 0 Å². The molecular formula is C60H82F3NO17. The van der Waals surface area contributed by atoms with Crippen LogP contribution in [0.2, 0.25) is 0 Å². The van der Waals surface area contributed by atoms with E-state index in [4.69, 9.17) is 37.9 Å². The monoisotopic (exact) mass is 1150 g/mol. The molecule has 0 radical (unpaired) electrons. The number of ether oxygens (including phenoxy) is 8. The van der Waals surface area contributed by atoms with Crippen LogP contribution in [0, 0.1) is 16.7 Å². The predicted octanol–water partition coefficient (Wildman–Crippen LogP) is 9.56. The topological polar surface area (TPSA) is 246 Å². The van der Waals surface area contributed by atoms with E-state index in [1.165, 1.54) is 80.7 Å². The van der Waals surface area contributed by atoms with E-state index in [1.54, 1.807) is 11.4 Å². The van der Waals surface area contributed by atoms with Gasteiger partial charge in [-0.2, -0.15) is 13.2 Å². The first-order valence-corrected chi connectivity index (χ1v) is 27.9. The number of aliphatic hydroxyl groups excluding tert-OH is 1. The zero-order valence-corrected chi connectivity index (χ0v) is 48.4. The predicted molar refractivity (Wildman–Crippen MR) is 288 cm³/mol. The number of alkyl halides is 3. The normalized spacial score (nSPS) is 27.9. The Kier molecular flexibility index (Phi) is 22.2. The van der Waals surface area contributed by atoms with E-state index in [0.717, 1.165) is 45.4 Å². The minimum absolute atomic E-state index is 0.00778. The van der Waals surface area contributed by atoms with Gasteiger partial charge in [0.2, 0.25) is 6.10 Å². The molecule has 4 aliphatic rings. The second kappa shape index (κ2) is 27.3. The molecule has 5 rings (SSSR count). The zero-order valence-electron chi connectivity index (χ0n) is 48.4. The van der Waals surface area contributed by atoms with Crippen LogP contribution in [0.25, 0.3) is 0 Å². The fourth-order valence-electron chi connectivity index (χ4n) is 11.6. The first-order valence-electron chi connectivity index (χ1n) is 27.9. The molecular weight excluding hydrogens is 1060 g/mol. The maximum Gasteiger partial charge on any atom is 0.413 e. The summed E-state index contributed by atoms with van der Waals surface area (Å²) >= 11 is 0. The van der Waals surface area contributed by atoms with Crippen LogP contribution < -0.4 is 10.1 Å². The van der Waals surface area contributed by atoms with Crippen LogP contribution in [0.4, 0.5) is 18.0 Å². The summed E-state index contributed by atoms with van der Waals surface area (Å²) in [6, 6.07) is 2.55. The summed E-state index contributed by atoms with van der Waals surface area (Å²) in [7, 11) is 1.28. The second-order valence-electron chi connectivity index (χ2n) is 23.0. The average molecular weight is 1150 g/mol. The van der Waals surface area contributed by atoms with Gasteiger partial charge in [0.05, 0.1) is 31.2 Å². The number of nitrogens with one attached hydrogen (secondary N) is 1. The molecule has 11 atom stereocenters. The Morgan fingerprint density at radius 1 is 0.877 bits per heavy atom. The molecule has 21 heteroatoms. The Bertz CT molecular complexity index is 2570. The highest BCUT2D eigenvalue weighted by atomic mass is 19.4. The van der Waals surface area contributed by atoms with Gasteiger partial charge in [-0.1, -0.05) is 95.5 Å². The third-order valence-electron chi connectivity index (χ3n) is 15.8. The first-order chi connectivity index (χ1) is 37.9. The zero-order chi connectivity index (χ0) is 60.3. The number of amides is 1. The molecule has 0 aromatic heterocycles. The largest absolute Gasteiger partial charge is 0.496 e. The van der Waals surface area contributed by atoms with Crippen molar-refractivity contribution in [2.75, 3.05) is 13.7 Å². The van der Waals surface area contributed by atoms with Gasteiger partial charge in [-0.05, 0) is 96.4 Å². The Balaban J connectivity index is 1.59. The third kappa shape index (κ3) is 15.0. The van der Waals surface area contributed by atoms with Crippen LogP contribution >= 0.6 is 0 Å². The molecule has 3 aliphatic carbocycles. The van der Waals surface area contributed by atoms with Crippen molar-refractivity contribution in [2.24, 2.45) is 16.7 Å². The number of hydrogen-bond acceptors (Lipinski definition) is 17. The molecule has 1 heterocycles. The number of fused-ring (bicyclic) bond motifs is 5. The van der Waals surface area contributed by atoms with Gasteiger partial charge in [0.1, 0.15) is 40.8 Å². The molecule has 18 nitrogen and oxygen atoms in total. The molecule has 3 N–H and O–H groups in total. The molecule has 1 amide bonds. The first kappa shape index (κ1) is 65.7. The van der Waals surface area contributed by atoms with E-state index in [1.807, 2.05) is 12.2 Å². The molecule has 2 bridgehead atoms. The number of rotatable bonds is 24. The van der Waals surface area contributed by atoms with Crippen LogP contribution in [-0.2, 0) is 57.1 Å². The highest BCUT2D eigenvalue weighted by Gasteiger charge is 2.78. The lowest BCUT2D eigenvalue weighted by Crippen LogP contribution is -2.82. The molecule has 1 aromatic rings. The number of hydrogen-bond donors (Lipinski definition) is 3. The highest BCUT2D eigenvalue weighted by molar-refractivity contribution is 5.96. The van der Waals surface area contributed by atoms with Crippen LogP contribution in [-0.4, -0.2) is 131 Å². The fraction of sp³-hybridized carbons (Fsp3) is 0.650. The maximum absolute atomic E-state index is 15.8. The van der Waals surface area contributed by atoms with Gasteiger partial charge >= 0.3 is 42.1 Å². The summed E-state index contributed by atoms with van der Waals surface area (Å²) in [4.78, 5) is 98.8. The Morgan fingerprint density at radius 2 is 1.51 bits per heavy atom. The number of aliphatic hydroxyl groups is 2. The van der Waals surface area contributed by atoms with Crippen LogP contribution in [0.5, 0.6) is 5.75 Å². The number of esters is 5. The van der Waals surface area contributed by atoms with Crippen molar-refractivity contribution in [3.63, 3.8) is 0 Å². The van der Waals surface area contributed by atoms with Crippen molar-refractivity contribution in [2.45, 2.75) is 218 Å². The number of methoxy groups -OCH3 is 1. The van der Waals surface area contributed by atoms with Crippen molar-refractivity contribution < 1.29 is 94.8 Å². The number of carbonyl (C=O) groups is 7. The minimum atomic E-state index is -5.52. The summed E-state index contributed by atoms with van der Waals surface area (Å²) in [5.41, 5.74) is -10.7. The number of allylic oxidation sites excluding steroid dienone is 6. The van der Waals surface area contributed by atoms with E-state index in [9.17, 15) is 39.0 Å². The van der Waals surface area contributed by atoms with Crippen LogP contribution in [0.1, 0.15) is 163 Å². The fourth-order valence-corrected chi connectivity index (χ4v) is 11.6. The molecule has 1 aromatic carbocycles. The van der Waals surface area contributed by atoms with Crippen molar-refractivity contribution in [1.29, 1.82) is 0 Å². The summed E-state index contributed by atoms with van der Waals surface area (Å²) in [5.74, 6) is -8.93. The van der Waals surface area contributed by atoms with E-state index in [2.05, 4.69) is 31.2 Å². The van der Waals surface area contributed by atoms with Gasteiger partial charge < -0.3 is 53.4 Å². The number of carbonyl (C=O) groups excluding carboxylic acids is 7. The number of halogens is 3. The molecule has 81 heavy (non-hydrogen) atoms. The van der Waals surface area contributed by atoms with E-state index >= 15 is 18.0 Å². The van der Waals surface area contributed by atoms with Crippen molar-refractivity contribution in [1.82, 2.24) is 5.32 Å². The molecule has 1 aliphatic heterocycles. The lowest BCUT2D eigenvalue weighted by atomic mass is 9.44. The lowest BCUT2D eigenvalue weighted by Gasteiger charge is -2.67. The number of Topliss-reactive ketones (excluding diaryl/α,β-unsaturated/α-hetero) is 1. The molecule has 1 unspecified atom stereocenters. The number of alkyl carbamates (subject to hydrolysis) is 1. The molecule has 0 spiro atoms. The Hall–Kier alpha value is -6.06. The van der Waals surface area contributed by atoms with Crippen LogP contribution in [0.15, 0.2) is 71.9 Å². The maximum atomic E-state index is 15.8. The molecule has 3 fully saturated rings. The molecule has 450 valence electrons. The summed E-state index contributed by atoms with van der Waals surface area (Å²) in [5, 5.41) is 27.8. The van der Waals surface area contributed by atoms with Gasteiger partial charge in [-0.25, -0.2) is 14.4 Å². The Labute approximate surface area is 472 Å². The average Bonchev–Trinajstić information content (AvgIpc) is 3.56. The smallest absolute Gasteiger partial charge is 0.413 e. The van der Waals surface area contributed by atoms with Crippen LogP contribution in [0.3, 0.4) is 0 Å². The minimum Gasteiger partial charge on any atom is -0.496 e. The lowest BCUT2D eigenvalue weighted by molar-refractivity contribution is -0.346. The van der Waals surface area contributed by atoms with Crippen molar-refractivity contribution in [3.8, 4) is 5.75 Å². The summed E-state index contributed by atoms with van der Waals surface area (Å²) in [6.45, 7) is 13.8. The molecule has 1 saturated heterocycles. The number of benzene rings is 1.